The SMILES string of the molecule is CC(C)CC(NC(=O)NCc1ccccc1S(=O)(=O)N(C)C)c1ccccc1. The molecule has 0 saturated heterocycles. The molecule has 7 heteroatoms. The van der Waals surface area contributed by atoms with E-state index in [1.165, 1.54) is 18.4 Å². The molecule has 0 spiro atoms. The van der Waals surface area contributed by atoms with Crippen molar-refractivity contribution in [2.75, 3.05) is 14.1 Å². The second-order valence-electron chi connectivity index (χ2n) is 7.31. The summed E-state index contributed by atoms with van der Waals surface area (Å²) in [6.45, 7) is 4.34. The van der Waals surface area contributed by atoms with E-state index in [4.69, 9.17) is 0 Å². The first-order chi connectivity index (χ1) is 13.2. The highest BCUT2D eigenvalue weighted by Gasteiger charge is 2.21. The average molecular weight is 404 g/mol. The number of carbonyl (C=O) groups is 1. The van der Waals surface area contributed by atoms with Gasteiger partial charge in [0.15, 0.2) is 0 Å². The van der Waals surface area contributed by atoms with Gasteiger partial charge in [-0.15, -0.1) is 0 Å². The normalized spacial score (nSPS) is 12.8. The van der Waals surface area contributed by atoms with Crippen molar-refractivity contribution in [3.05, 3.63) is 65.7 Å². The Bertz CT molecular complexity index is 881. The first-order valence-electron chi connectivity index (χ1n) is 9.31. The van der Waals surface area contributed by atoms with Gasteiger partial charge in [0.05, 0.1) is 10.9 Å². The molecule has 0 heterocycles. The van der Waals surface area contributed by atoms with Gasteiger partial charge in [-0.05, 0) is 29.5 Å². The van der Waals surface area contributed by atoms with Crippen LogP contribution >= 0.6 is 0 Å². The zero-order chi connectivity index (χ0) is 20.7. The van der Waals surface area contributed by atoms with Gasteiger partial charge in [-0.2, -0.15) is 0 Å². The molecule has 2 aromatic carbocycles. The lowest BCUT2D eigenvalue weighted by Gasteiger charge is -2.22. The number of rotatable bonds is 8. The van der Waals surface area contributed by atoms with Crippen molar-refractivity contribution in [3.8, 4) is 0 Å². The Labute approximate surface area is 168 Å². The highest BCUT2D eigenvalue weighted by Crippen LogP contribution is 2.21. The summed E-state index contributed by atoms with van der Waals surface area (Å²) in [6.07, 6.45) is 0.809. The van der Waals surface area contributed by atoms with Crippen LogP contribution in [0, 0.1) is 5.92 Å². The van der Waals surface area contributed by atoms with Crippen molar-refractivity contribution >= 4 is 16.1 Å². The van der Waals surface area contributed by atoms with Crippen molar-refractivity contribution in [3.63, 3.8) is 0 Å². The fourth-order valence-electron chi connectivity index (χ4n) is 2.92. The maximum Gasteiger partial charge on any atom is 0.315 e. The van der Waals surface area contributed by atoms with E-state index in [-0.39, 0.29) is 23.5 Å². The number of sulfonamides is 1. The van der Waals surface area contributed by atoms with Gasteiger partial charge in [-0.1, -0.05) is 62.4 Å². The van der Waals surface area contributed by atoms with Gasteiger partial charge in [0.2, 0.25) is 10.0 Å². The summed E-state index contributed by atoms with van der Waals surface area (Å²) in [6, 6.07) is 16.1. The molecule has 152 valence electrons. The average Bonchev–Trinajstić information content (AvgIpc) is 2.66. The molecule has 0 aliphatic heterocycles. The second-order valence-corrected chi connectivity index (χ2v) is 9.44. The third-order valence-corrected chi connectivity index (χ3v) is 6.30. The summed E-state index contributed by atoms with van der Waals surface area (Å²) in [4.78, 5) is 12.7. The number of benzene rings is 2. The first kappa shape index (κ1) is 21.9. The Kier molecular flexibility index (Phi) is 7.60. The predicted octanol–water partition coefficient (Wildman–Crippen LogP) is 3.52. The van der Waals surface area contributed by atoms with Crippen LogP contribution in [0.2, 0.25) is 0 Å². The van der Waals surface area contributed by atoms with Crippen LogP contribution in [-0.2, 0) is 16.6 Å². The van der Waals surface area contributed by atoms with E-state index in [2.05, 4.69) is 24.5 Å². The lowest BCUT2D eigenvalue weighted by Crippen LogP contribution is -2.38. The van der Waals surface area contributed by atoms with Crippen LogP contribution in [0.1, 0.15) is 37.4 Å². The number of nitrogens with zero attached hydrogens (tertiary/aromatic N) is 1. The summed E-state index contributed by atoms with van der Waals surface area (Å²) in [5.74, 6) is 0.413. The van der Waals surface area contributed by atoms with Gasteiger partial charge in [-0.3, -0.25) is 0 Å². The lowest BCUT2D eigenvalue weighted by atomic mass is 9.97. The molecule has 2 aromatic rings. The summed E-state index contributed by atoms with van der Waals surface area (Å²) < 4.78 is 26.1. The van der Waals surface area contributed by atoms with E-state index in [9.17, 15) is 13.2 Å². The van der Waals surface area contributed by atoms with E-state index in [1.807, 2.05) is 30.3 Å². The lowest BCUT2D eigenvalue weighted by molar-refractivity contribution is 0.234. The summed E-state index contributed by atoms with van der Waals surface area (Å²) in [7, 11) is -0.598. The maximum absolute atomic E-state index is 12.5. The zero-order valence-electron chi connectivity index (χ0n) is 16.8. The Morgan fingerprint density at radius 1 is 1.00 bits per heavy atom. The highest BCUT2D eigenvalue weighted by molar-refractivity contribution is 7.89. The van der Waals surface area contributed by atoms with Gasteiger partial charge >= 0.3 is 6.03 Å². The van der Waals surface area contributed by atoms with Crippen LogP contribution in [0.4, 0.5) is 4.79 Å². The molecule has 0 radical (unpaired) electrons. The van der Waals surface area contributed by atoms with E-state index in [0.717, 1.165) is 12.0 Å². The van der Waals surface area contributed by atoms with Crippen molar-refractivity contribution in [2.24, 2.45) is 5.92 Å². The molecule has 0 aliphatic carbocycles. The molecule has 0 saturated carbocycles. The topological polar surface area (TPSA) is 78.5 Å². The van der Waals surface area contributed by atoms with E-state index < -0.39 is 10.0 Å². The van der Waals surface area contributed by atoms with Crippen molar-refractivity contribution in [2.45, 2.75) is 37.8 Å². The first-order valence-corrected chi connectivity index (χ1v) is 10.8. The number of amides is 2. The summed E-state index contributed by atoms with van der Waals surface area (Å²) in [5, 5.41) is 5.80. The summed E-state index contributed by atoms with van der Waals surface area (Å²) in [5.41, 5.74) is 1.59. The van der Waals surface area contributed by atoms with E-state index >= 15 is 0 Å². The van der Waals surface area contributed by atoms with Gasteiger partial charge in [0.25, 0.3) is 0 Å². The third-order valence-electron chi connectivity index (χ3n) is 4.39. The molecular weight excluding hydrogens is 374 g/mol. The molecule has 1 atom stereocenters. The van der Waals surface area contributed by atoms with Crippen LogP contribution in [0.3, 0.4) is 0 Å². The Hall–Kier alpha value is -2.38. The zero-order valence-corrected chi connectivity index (χ0v) is 17.7. The largest absolute Gasteiger partial charge is 0.334 e. The molecule has 1 unspecified atom stereocenters. The minimum absolute atomic E-state index is 0.109. The van der Waals surface area contributed by atoms with E-state index in [1.54, 1.807) is 24.3 Å². The van der Waals surface area contributed by atoms with Crippen LogP contribution < -0.4 is 10.6 Å². The number of nitrogens with one attached hydrogen (secondary N) is 2. The molecule has 2 N–H and O–H groups in total. The van der Waals surface area contributed by atoms with Crippen molar-refractivity contribution in [1.82, 2.24) is 14.9 Å². The number of hydrogen-bond acceptors (Lipinski definition) is 3. The fraction of sp³-hybridized carbons (Fsp3) is 0.381. The van der Waals surface area contributed by atoms with Crippen LogP contribution in [0.25, 0.3) is 0 Å². The Balaban J connectivity index is 2.10. The predicted molar refractivity (Wildman–Crippen MR) is 111 cm³/mol. The quantitative estimate of drug-likeness (QED) is 0.708. The minimum atomic E-state index is -3.58. The maximum atomic E-state index is 12.5. The second kappa shape index (κ2) is 9.71. The van der Waals surface area contributed by atoms with Crippen molar-refractivity contribution < 1.29 is 13.2 Å². The minimum Gasteiger partial charge on any atom is -0.334 e. The summed E-state index contributed by atoms with van der Waals surface area (Å²) >= 11 is 0. The van der Waals surface area contributed by atoms with Gasteiger partial charge in [-0.25, -0.2) is 17.5 Å². The smallest absolute Gasteiger partial charge is 0.315 e. The third kappa shape index (κ3) is 5.81. The molecular formula is C21H29N3O3S. The molecule has 0 aromatic heterocycles. The monoisotopic (exact) mass is 403 g/mol. The molecule has 0 aliphatic rings. The molecule has 28 heavy (non-hydrogen) atoms. The van der Waals surface area contributed by atoms with Gasteiger partial charge in [0, 0.05) is 20.6 Å². The van der Waals surface area contributed by atoms with E-state index in [0.29, 0.717) is 11.5 Å². The van der Waals surface area contributed by atoms with Crippen LogP contribution in [0.15, 0.2) is 59.5 Å². The van der Waals surface area contributed by atoms with Gasteiger partial charge < -0.3 is 10.6 Å². The number of carbonyl (C=O) groups excluding carboxylic acids is 1. The van der Waals surface area contributed by atoms with Crippen LogP contribution in [-0.4, -0.2) is 32.8 Å². The molecule has 0 bridgehead atoms. The Morgan fingerprint density at radius 3 is 2.21 bits per heavy atom. The Morgan fingerprint density at radius 2 is 1.61 bits per heavy atom. The number of hydrogen-bond donors (Lipinski definition) is 2. The van der Waals surface area contributed by atoms with Gasteiger partial charge in [0.1, 0.15) is 0 Å². The fourth-order valence-corrected chi connectivity index (χ4v) is 4.03. The standard InChI is InChI=1S/C21H29N3O3S/c1-16(2)14-19(17-10-6-5-7-11-17)23-21(25)22-15-18-12-8-9-13-20(18)28(26,27)24(3)4/h5-13,16,19H,14-15H2,1-4H3,(H2,22,23,25). The highest BCUT2D eigenvalue weighted by atomic mass is 32.2. The molecule has 6 nitrogen and oxygen atoms in total. The molecule has 2 rings (SSSR count). The molecule has 2 amide bonds. The van der Waals surface area contributed by atoms with Crippen LogP contribution in [0.5, 0.6) is 0 Å². The van der Waals surface area contributed by atoms with Crippen molar-refractivity contribution in [1.29, 1.82) is 0 Å². The number of urea groups is 1. The molecule has 0 fully saturated rings.